The molecule has 1 aromatic carbocycles. The number of rotatable bonds is 2. The van der Waals surface area contributed by atoms with Gasteiger partial charge in [-0.1, -0.05) is 34.4 Å². The smallest absolute Gasteiger partial charge is 0.261 e. The van der Waals surface area contributed by atoms with E-state index in [1.165, 1.54) is 0 Å². The maximum atomic E-state index is 5.97. The Kier molecular flexibility index (Phi) is 2.90. The first kappa shape index (κ1) is 10.4. The number of aromatic nitrogens is 2. The second-order valence-corrected chi connectivity index (χ2v) is 3.63. The van der Waals surface area contributed by atoms with Gasteiger partial charge in [-0.3, -0.25) is 0 Å². The third-order valence-corrected chi connectivity index (χ3v) is 2.46. The summed E-state index contributed by atoms with van der Waals surface area (Å²) in [4.78, 5) is 4.05. The van der Waals surface area contributed by atoms with Crippen LogP contribution in [0.3, 0.4) is 0 Å². The molecule has 1 aromatic heterocycles. The molecule has 0 saturated heterocycles. The Morgan fingerprint density at radius 1 is 1.27 bits per heavy atom. The Balaban J connectivity index is 2.53. The minimum atomic E-state index is 0.214. The topological polar surface area (TPSA) is 64.9 Å². The fourth-order valence-corrected chi connectivity index (χ4v) is 1.70. The van der Waals surface area contributed by atoms with E-state index >= 15 is 0 Å². The Morgan fingerprint density at radius 3 is 2.47 bits per heavy atom. The molecule has 2 N–H and O–H groups in total. The number of halogens is 2. The van der Waals surface area contributed by atoms with Crippen LogP contribution in [0, 0.1) is 0 Å². The number of nitrogens with zero attached hydrogens (tertiary/aromatic N) is 2. The van der Waals surface area contributed by atoms with Crippen LogP contribution < -0.4 is 5.73 Å². The van der Waals surface area contributed by atoms with Gasteiger partial charge < -0.3 is 10.3 Å². The van der Waals surface area contributed by atoms with Crippen LogP contribution in [0.1, 0.15) is 5.82 Å². The monoisotopic (exact) mass is 243 g/mol. The maximum absolute atomic E-state index is 5.97. The van der Waals surface area contributed by atoms with Crippen molar-refractivity contribution in [3.8, 4) is 11.5 Å². The molecule has 0 atom stereocenters. The van der Waals surface area contributed by atoms with Crippen molar-refractivity contribution in [1.82, 2.24) is 10.1 Å². The average molecular weight is 244 g/mol. The standard InChI is InChI=1S/C9H7Cl2N3O/c10-5-2-1-3-6(11)8(5)9-13-7(4-12)14-15-9/h1-3H,4,12H2. The van der Waals surface area contributed by atoms with Crippen molar-refractivity contribution in [1.29, 1.82) is 0 Å². The zero-order chi connectivity index (χ0) is 10.8. The van der Waals surface area contributed by atoms with Gasteiger partial charge in [0.2, 0.25) is 0 Å². The lowest BCUT2D eigenvalue weighted by Gasteiger charge is -1.99. The summed E-state index contributed by atoms with van der Waals surface area (Å²) in [5.41, 5.74) is 5.90. The molecule has 0 aliphatic heterocycles. The van der Waals surface area contributed by atoms with Crippen molar-refractivity contribution in [2.45, 2.75) is 6.54 Å². The quantitative estimate of drug-likeness (QED) is 0.881. The molecule has 0 spiro atoms. The van der Waals surface area contributed by atoms with E-state index in [4.69, 9.17) is 33.5 Å². The molecule has 4 nitrogen and oxygen atoms in total. The fraction of sp³-hybridized carbons (Fsp3) is 0.111. The lowest BCUT2D eigenvalue weighted by Crippen LogP contribution is -1.97. The summed E-state index contributed by atoms with van der Waals surface area (Å²) in [5, 5.41) is 4.60. The van der Waals surface area contributed by atoms with E-state index in [0.717, 1.165) is 0 Å². The molecule has 0 radical (unpaired) electrons. The molecule has 1 heterocycles. The van der Waals surface area contributed by atoms with Crippen LogP contribution in [0.25, 0.3) is 11.5 Å². The predicted octanol–water partition coefficient (Wildman–Crippen LogP) is 2.50. The van der Waals surface area contributed by atoms with Crippen molar-refractivity contribution >= 4 is 23.2 Å². The molecule has 2 aromatic rings. The molecule has 0 unspecified atom stereocenters. The second kappa shape index (κ2) is 4.18. The molecule has 6 heteroatoms. The van der Waals surface area contributed by atoms with Crippen LogP contribution in [0.15, 0.2) is 22.7 Å². The second-order valence-electron chi connectivity index (χ2n) is 2.82. The van der Waals surface area contributed by atoms with Gasteiger partial charge in [-0.2, -0.15) is 4.98 Å². The lowest BCUT2D eigenvalue weighted by atomic mass is 10.2. The summed E-state index contributed by atoms with van der Waals surface area (Å²) < 4.78 is 4.99. The van der Waals surface area contributed by atoms with Crippen molar-refractivity contribution in [2.75, 3.05) is 0 Å². The van der Waals surface area contributed by atoms with E-state index in [2.05, 4.69) is 10.1 Å². The van der Waals surface area contributed by atoms with Gasteiger partial charge in [0.25, 0.3) is 5.89 Å². The first-order chi connectivity index (χ1) is 7.22. The highest BCUT2D eigenvalue weighted by atomic mass is 35.5. The summed E-state index contributed by atoms with van der Waals surface area (Å²) in [7, 11) is 0. The first-order valence-corrected chi connectivity index (χ1v) is 4.95. The molecule has 0 aliphatic rings. The highest BCUT2D eigenvalue weighted by Gasteiger charge is 2.14. The normalized spacial score (nSPS) is 10.6. The van der Waals surface area contributed by atoms with Gasteiger partial charge in [0.05, 0.1) is 22.2 Å². The van der Waals surface area contributed by atoms with Crippen molar-refractivity contribution < 1.29 is 4.52 Å². The SMILES string of the molecule is NCc1noc(-c2c(Cl)cccc2Cl)n1. The molecular weight excluding hydrogens is 237 g/mol. The van der Waals surface area contributed by atoms with E-state index in [0.29, 0.717) is 21.4 Å². The summed E-state index contributed by atoms with van der Waals surface area (Å²) in [6.45, 7) is 0.214. The Morgan fingerprint density at radius 2 is 1.93 bits per heavy atom. The van der Waals surface area contributed by atoms with Gasteiger partial charge in [0.15, 0.2) is 5.82 Å². The summed E-state index contributed by atoms with van der Waals surface area (Å²) in [6, 6.07) is 5.15. The Labute approximate surface area is 96.0 Å². The summed E-state index contributed by atoms with van der Waals surface area (Å²) >= 11 is 11.9. The van der Waals surface area contributed by atoms with Gasteiger partial charge in [0, 0.05) is 0 Å². The third kappa shape index (κ3) is 1.97. The van der Waals surface area contributed by atoms with Crippen LogP contribution >= 0.6 is 23.2 Å². The molecule has 78 valence electrons. The Hall–Kier alpha value is -1.10. The average Bonchev–Trinajstić information content (AvgIpc) is 2.66. The summed E-state index contributed by atoms with van der Waals surface area (Å²) in [6.07, 6.45) is 0. The minimum Gasteiger partial charge on any atom is -0.334 e. The molecule has 2 rings (SSSR count). The van der Waals surface area contributed by atoms with Crippen LogP contribution in [0.4, 0.5) is 0 Å². The van der Waals surface area contributed by atoms with Crippen LogP contribution in [-0.4, -0.2) is 10.1 Å². The number of hydrogen-bond donors (Lipinski definition) is 1. The number of benzene rings is 1. The predicted molar refractivity (Wildman–Crippen MR) is 57.6 cm³/mol. The highest BCUT2D eigenvalue weighted by Crippen LogP contribution is 2.33. The zero-order valence-electron chi connectivity index (χ0n) is 7.58. The maximum Gasteiger partial charge on any atom is 0.261 e. The summed E-state index contributed by atoms with van der Waals surface area (Å²) in [5.74, 6) is 0.701. The largest absolute Gasteiger partial charge is 0.334 e. The number of hydrogen-bond acceptors (Lipinski definition) is 4. The first-order valence-electron chi connectivity index (χ1n) is 4.19. The molecule has 0 bridgehead atoms. The Bertz CT molecular complexity index is 464. The van der Waals surface area contributed by atoms with Crippen molar-refractivity contribution in [2.24, 2.45) is 5.73 Å². The number of nitrogens with two attached hydrogens (primary N) is 1. The van der Waals surface area contributed by atoms with E-state index in [-0.39, 0.29) is 12.4 Å². The van der Waals surface area contributed by atoms with Gasteiger partial charge >= 0.3 is 0 Å². The molecule has 0 aliphatic carbocycles. The van der Waals surface area contributed by atoms with E-state index in [9.17, 15) is 0 Å². The van der Waals surface area contributed by atoms with Gasteiger partial charge in [-0.15, -0.1) is 0 Å². The third-order valence-electron chi connectivity index (χ3n) is 1.83. The van der Waals surface area contributed by atoms with Gasteiger partial charge in [0.1, 0.15) is 0 Å². The van der Waals surface area contributed by atoms with E-state index in [1.807, 2.05) is 0 Å². The van der Waals surface area contributed by atoms with E-state index < -0.39 is 0 Å². The lowest BCUT2D eigenvalue weighted by molar-refractivity contribution is 0.423. The molecule has 0 fully saturated rings. The highest BCUT2D eigenvalue weighted by molar-refractivity contribution is 6.38. The molecule has 0 saturated carbocycles. The van der Waals surface area contributed by atoms with Crippen LogP contribution in [0.5, 0.6) is 0 Å². The van der Waals surface area contributed by atoms with Crippen LogP contribution in [0.2, 0.25) is 10.0 Å². The van der Waals surface area contributed by atoms with E-state index in [1.54, 1.807) is 18.2 Å². The van der Waals surface area contributed by atoms with Crippen molar-refractivity contribution in [3.63, 3.8) is 0 Å². The molecule has 15 heavy (non-hydrogen) atoms. The van der Waals surface area contributed by atoms with Gasteiger partial charge in [-0.25, -0.2) is 0 Å². The van der Waals surface area contributed by atoms with Gasteiger partial charge in [-0.05, 0) is 12.1 Å². The minimum absolute atomic E-state index is 0.214. The molecule has 0 amide bonds. The van der Waals surface area contributed by atoms with Crippen LogP contribution in [-0.2, 0) is 6.54 Å². The zero-order valence-corrected chi connectivity index (χ0v) is 9.09. The van der Waals surface area contributed by atoms with Crippen molar-refractivity contribution in [3.05, 3.63) is 34.1 Å². The fourth-order valence-electron chi connectivity index (χ4n) is 1.14. The molecular formula is C9H7Cl2N3O.